The highest BCUT2D eigenvalue weighted by atomic mass is 16.5. The first-order valence-electron chi connectivity index (χ1n) is 10.1. The van der Waals surface area contributed by atoms with Crippen molar-refractivity contribution in [3.63, 3.8) is 0 Å². The number of anilines is 1. The summed E-state index contributed by atoms with van der Waals surface area (Å²) in [6.07, 6.45) is 4.68. The number of nitrogens with one attached hydrogen (secondary N) is 2. The Morgan fingerprint density at radius 1 is 1.14 bits per heavy atom. The minimum absolute atomic E-state index is 0.195. The van der Waals surface area contributed by atoms with E-state index in [1.807, 2.05) is 23.6 Å². The molecule has 1 aliphatic heterocycles. The van der Waals surface area contributed by atoms with Crippen LogP contribution in [0.2, 0.25) is 0 Å². The molecule has 7 nitrogen and oxygen atoms in total. The smallest absolute Gasteiger partial charge is 0.291 e. The molecule has 3 rings (SSSR count). The van der Waals surface area contributed by atoms with E-state index in [1.54, 1.807) is 12.1 Å². The number of aromatic nitrogens is 2. The van der Waals surface area contributed by atoms with E-state index in [0.717, 1.165) is 43.5 Å². The van der Waals surface area contributed by atoms with Crippen molar-refractivity contribution in [2.24, 2.45) is 0 Å². The molecule has 0 fully saturated rings. The van der Waals surface area contributed by atoms with Crippen LogP contribution < -0.4 is 15.4 Å². The van der Waals surface area contributed by atoms with E-state index >= 15 is 0 Å². The molecule has 1 aromatic carbocycles. The molecule has 0 spiro atoms. The van der Waals surface area contributed by atoms with E-state index in [-0.39, 0.29) is 11.8 Å². The zero-order chi connectivity index (χ0) is 19.9. The number of carbonyl (C=O) groups is 2. The molecule has 2 aromatic rings. The van der Waals surface area contributed by atoms with Crippen LogP contribution >= 0.6 is 0 Å². The van der Waals surface area contributed by atoms with Crippen molar-refractivity contribution in [3.05, 3.63) is 41.5 Å². The highest BCUT2D eigenvalue weighted by Crippen LogP contribution is 2.22. The fourth-order valence-electron chi connectivity index (χ4n) is 3.35. The average molecular weight is 384 g/mol. The summed E-state index contributed by atoms with van der Waals surface area (Å²) in [4.78, 5) is 29.8. The third-order valence-electron chi connectivity index (χ3n) is 4.78. The molecule has 0 unspecified atom stereocenters. The molecule has 0 saturated heterocycles. The maximum Gasteiger partial charge on any atom is 0.291 e. The number of rotatable bonds is 8. The number of nitrogens with zero attached hydrogens (tertiary/aromatic N) is 2. The molecule has 7 heteroatoms. The van der Waals surface area contributed by atoms with Gasteiger partial charge in [0.15, 0.2) is 5.82 Å². The number of ether oxygens (including phenoxy) is 1. The Labute approximate surface area is 165 Å². The number of carbonyl (C=O) groups excluding carboxylic acids is 2. The Kier molecular flexibility index (Phi) is 6.68. The minimum atomic E-state index is -0.306. The maximum atomic E-state index is 12.8. The molecule has 0 bridgehead atoms. The van der Waals surface area contributed by atoms with Gasteiger partial charge in [-0.25, -0.2) is 4.98 Å². The number of hydrogen-bond acceptors (Lipinski definition) is 4. The Hall–Kier alpha value is -2.83. The molecule has 1 aliphatic rings. The Morgan fingerprint density at radius 3 is 2.64 bits per heavy atom. The Morgan fingerprint density at radius 2 is 1.93 bits per heavy atom. The van der Waals surface area contributed by atoms with Crippen LogP contribution in [0.15, 0.2) is 24.3 Å². The number of imidazole rings is 1. The molecule has 2 heterocycles. The van der Waals surface area contributed by atoms with Gasteiger partial charge in [0.2, 0.25) is 0 Å². The van der Waals surface area contributed by atoms with Crippen LogP contribution in [-0.4, -0.2) is 34.5 Å². The van der Waals surface area contributed by atoms with Crippen LogP contribution in [0.3, 0.4) is 0 Å². The van der Waals surface area contributed by atoms with Crippen LogP contribution in [-0.2, 0) is 13.0 Å². The van der Waals surface area contributed by atoms with Gasteiger partial charge < -0.3 is 19.9 Å². The summed E-state index contributed by atoms with van der Waals surface area (Å²) in [6, 6.07) is 7.21. The van der Waals surface area contributed by atoms with Gasteiger partial charge in [-0.1, -0.05) is 13.3 Å². The highest BCUT2D eigenvalue weighted by molar-refractivity contribution is 6.03. The topological polar surface area (TPSA) is 85.2 Å². The predicted molar refractivity (Wildman–Crippen MR) is 108 cm³/mol. The van der Waals surface area contributed by atoms with Crippen molar-refractivity contribution in [2.75, 3.05) is 18.5 Å². The second kappa shape index (κ2) is 9.39. The lowest BCUT2D eigenvalue weighted by molar-refractivity contribution is 0.0947. The number of fused-ring (bicyclic) bond motifs is 1. The van der Waals surface area contributed by atoms with Crippen molar-refractivity contribution in [1.29, 1.82) is 0 Å². The summed E-state index contributed by atoms with van der Waals surface area (Å²) < 4.78 is 7.31. The lowest BCUT2D eigenvalue weighted by Gasteiger charge is -2.17. The third kappa shape index (κ3) is 4.52. The normalized spacial score (nSPS) is 12.9. The number of unbranched alkanes of at least 4 members (excludes halogenated alkanes) is 1. The quantitative estimate of drug-likeness (QED) is 0.683. The fraction of sp³-hybridized carbons (Fsp3) is 0.476. The van der Waals surface area contributed by atoms with E-state index in [0.29, 0.717) is 36.9 Å². The zero-order valence-electron chi connectivity index (χ0n) is 16.6. The van der Waals surface area contributed by atoms with Crippen molar-refractivity contribution in [2.45, 2.75) is 52.5 Å². The van der Waals surface area contributed by atoms with Gasteiger partial charge in [-0.15, -0.1) is 0 Å². The van der Waals surface area contributed by atoms with Gasteiger partial charge in [0.25, 0.3) is 11.8 Å². The van der Waals surface area contributed by atoms with Crippen molar-refractivity contribution >= 4 is 17.5 Å². The van der Waals surface area contributed by atoms with Crippen LogP contribution in [0.4, 0.5) is 5.69 Å². The molecule has 1 aromatic heterocycles. The van der Waals surface area contributed by atoms with E-state index in [1.165, 1.54) is 0 Å². The van der Waals surface area contributed by atoms with E-state index in [9.17, 15) is 9.59 Å². The second-order valence-electron chi connectivity index (χ2n) is 6.86. The zero-order valence-corrected chi connectivity index (χ0v) is 16.6. The predicted octanol–water partition coefficient (Wildman–Crippen LogP) is 3.40. The van der Waals surface area contributed by atoms with Gasteiger partial charge in [-0.2, -0.15) is 0 Å². The van der Waals surface area contributed by atoms with Crippen LogP contribution in [0.1, 0.15) is 66.3 Å². The number of amides is 2. The molecule has 0 atom stereocenters. The SMILES string of the molecule is CCCCNC(=O)c1nc(C(=O)Nc2ccc(OCC)cc2)n2c1CCCC2. The standard InChI is InChI=1S/C21H28N4O3/c1-3-5-13-22-20(26)18-17-8-6-7-14-25(17)19(24-18)21(27)23-15-9-11-16(12-10-15)28-4-2/h9-12H,3-8,13-14H2,1-2H3,(H,22,26)(H,23,27). The molecule has 0 aliphatic carbocycles. The second-order valence-corrected chi connectivity index (χ2v) is 6.86. The minimum Gasteiger partial charge on any atom is -0.494 e. The lowest BCUT2D eigenvalue weighted by atomic mass is 10.1. The highest BCUT2D eigenvalue weighted by Gasteiger charge is 2.27. The summed E-state index contributed by atoms with van der Waals surface area (Å²) in [5, 5.41) is 5.78. The fourth-order valence-corrected chi connectivity index (χ4v) is 3.35. The first kappa shape index (κ1) is 19.9. The third-order valence-corrected chi connectivity index (χ3v) is 4.78. The largest absolute Gasteiger partial charge is 0.494 e. The van der Waals surface area contributed by atoms with Gasteiger partial charge >= 0.3 is 0 Å². The summed E-state index contributed by atoms with van der Waals surface area (Å²) in [5.41, 5.74) is 1.90. The molecule has 150 valence electrons. The monoisotopic (exact) mass is 384 g/mol. The first-order valence-corrected chi connectivity index (χ1v) is 10.1. The van der Waals surface area contributed by atoms with Crippen molar-refractivity contribution in [3.8, 4) is 5.75 Å². The van der Waals surface area contributed by atoms with E-state index in [4.69, 9.17) is 4.74 Å². The average Bonchev–Trinajstić information content (AvgIpc) is 3.10. The molecule has 0 saturated carbocycles. The Balaban J connectivity index is 1.78. The molecule has 2 amide bonds. The number of benzene rings is 1. The van der Waals surface area contributed by atoms with Gasteiger partial charge in [0, 0.05) is 18.8 Å². The molecule has 0 radical (unpaired) electrons. The summed E-state index contributed by atoms with van der Waals surface area (Å²) in [6.45, 7) is 5.92. The number of hydrogen-bond donors (Lipinski definition) is 2. The van der Waals surface area contributed by atoms with Gasteiger partial charge in [0.1, 0.15) is 11.4 Å². The lowest BCUT2D eigenvalue weighted by Crippen LogP contribution is -2.26. The molecular formula is C21H28N4O3. The van der Waals surface area contributed by atoms with Crippen LogP contribution in [0.5, 0.6) is 5.75 Å². The van der Waals surface area contributed by atoms with Gasteiger partial charge in [0.05, 0.1) is 12.3 Å². The first-order chi connectivity index (χ1) is 13.6. The summed E-state index contributed by atoms with van der Waals surface area (Å²) in [5.74, 6) is 0.549. The molecule has 2 N–H and O–H groups in total. The van der Waals surface area contributed by atoms with Crippen molar-refractivity contribution < 1.29 is 14.3 Å². The van der Waals surface area contributed by atoms with Crippen LogP contribution in [0.25, 0.3) is 0 Å². The van der Waals surface area contributed by atoms with Crippen molar-refractivity contribution in [1.82, 2.24) is 14.9 Å². The maximum absolute atomic E-state index is 12.8. The summed E-state index contributed by atoms with van der Waals surface area (Å²) >= 11 is 0. The molecule has 28 heavy (non-hydrogen) atoms. The summed E-state index contributed by atoms with van der Waals surface area (Å²) in [7, 11) is 0. The van der Waals surface area contributed by atoms with Crippen LogP contribution in [0, 0.1) is 0 Å². The van der Waals surface area contributed by atoms with E-state index in [2.05, 4.69) is 22.5 Å². The molecular weight excluding hydrogens is 356 g/mol. The van der Waals surface area contributed by atoms with Gasteiger partial charge in [-0.3, -0.25) is 9.59 Å². The van der Waals surface area contributed by atoms with Gasteiger partial charge in [-0.05, 0) is 56.9 Å². The van der Waals surface area contributed by atoms with E-state index < -0.39 is 0 Å². The Bertz CT molecular complexity index is 827.